The van der Waals surface area contributed by atoms with Gasteiger partial charge < -0.3 is 18.6 Å². The zero-order valence-corrected chi connectivity index (χ0v) is 17.7. The summed E-state index contributed by atoms with van der Waals surface area (Å²) in [6.07, 6.45) is 1.53. The molecular weight excluding hydrogens is 422 g/mol. The van der Waals surface area contributed by atoms with Gasteiger partial charge in [-0.25, -0.2) is 4.79 Å². The second-order valence-corrected chi connectivity index (χ2v) is 7.52. The minimum absolute atomic E-state index is 0.222. The predicted molar refractivity (Wildman–Crippen MR) is 113 cm³/mol. The maximum absolute atomic E-state index is 12.9. The SMILES string of the molecule is CCOC(=O)C(c1ccc(Cl)cc1)N1CCN(C(=O)c2cc(-c3ccco3)on2)CC1. The van der Waals surface area contributed by atoms with Crippen LogP contribution in [0.2, 0.25) is 5.02 Å². The monoisotopic (exact) mass is 443 g/mol. The van der Waals surface area contributed by atoms with Crippen molar-refractivity contribution in [2.45, 2.75) is 13.0 Å². The Bertz CT molecular complexity index is 1020. The molecule has 0 aliphatic carbocycles. The topological polar surface area (TPSA) is 89.0 Å². The molecule has 162 valence electrons. The van der Waals surface area contributed by atoms with Crippen LogP contribution < -0.4 is 0 Å². The summed E-state index contributed by atoms with van der Waals surface area (Å²) in [5.41, 5.74) is 1.03. The molecule has 0 radical (unpaired) electrons. The number of piperazine rings is 1. The van der Waals surface area contributed by atoms with Gasteiger partial charge in [0.05, 0.1) is 12.9 Å². The Hall–Kier alpha value is -3.10. The van der Waals surface area contributed by atoms with Crippen LogP contribution in [0.4, 0.5) is 0 Å². The standard InChI is InChI=1S/C22H22ClN3O5/c1-2-29-22(28)20(15-5-7-16(23)8-6-15)25-9-11-26(12-10-25)21(27)17-14-19(31-24-17)18-4-3-13-30-18/h3-8,13-14,20H,2,9-12H2,1H3. The maximum Gasteiger partial charge on any atom is 0.328 e. The average Bonchev–Trinajstić information content (AvgIpc) is 3.48. The number of hydrogen-bond donors (Lipinski definition) is 0. The van der Waals surface area contributed by atoms with Crippen molar-refractivity contribution >= 4 is 23.5 Å². The quantitative estimate of drug-likeness (QED) is 0.537. The van der Waals surface area contributed by atoms with Crippen molar-refractivity contribution in [1.29, 1.82) is 0 Å². The van der Waals surface area contributed by atoms with Gasteiger partial charge in [0.25, 0.3) is 5.91 Å². The molecule has 0 bridgehead atoms. The van der Waals surface area contributed by atoms with Gasteiger partial charge in [-0.05, 0) is 36.8 Å². The molecule has 1 atom stereocenters. The van der Waals surface area contributed by atoms with E-state index in [4.69, 9.17) is 25.3 Å². The molecule has 1 aliphatic rings. The van der Waals surface area contributed by atoms with Crippen LogP contribution in [0.25, 0.3) is 11.5 Å². The lowest BCUT2D eigenvalue weighted by Crippen LogP contribution is -2.51. The van der Waals surface area contributed by atoms with Crippen molar-refractivity contribution < 1.29 is 23.3 Å². The summed E-state index contributed by atoms with van der Waals surface area (Å²) in [4.78, 5) is 29.2. The Morgan fingerprint density at radius 2 is 1.87 bits per heavy atom. The Labute approximate surface area is 184 Å². The average molecular weight is 444 g/mol. The highest BCUT2D eigenvalue weighted by Crippen LogP contribution is 2.26. The molecule has 3 heterocycles. The Kier molecular flexibility index (Phi) is 6.39. The molecule has 0 spiro atoms. The third-order valence-electron chi connectivity index (χ3n) is 5.16. The number of esters is 1. The van der Waals surface area contributed by atoms with Crippen molar-refractivity contribution in [2.24, 2.45) is 0 Å². The molecule has 1 aromatic carbocycles. The van der Waals surface area contributed by atoms with E-state index in [1.807, 2.05) is 17.0 Å². The van der Waals surface area contributed by atoms with Crippen LogP contribution >= 0.6 is 11.6 Å². The van der Waals surface area contributed by atoms with E-state index in [0.29, 0.717) is 49.3 Å². The molecular formula is C22H22ClN3O5. The predicted octanol–water partition coefficient (Wildman–Crippen LogP) is 3.65. The van der Waals surface area contributed by atoms with Crippen molar-refractivity contribution in [3.05, 3.63) is 65.0 Å². The van der Waals surface area contributed by atoms with Crippen LogP contribution in [0.1, 0.15) is 29.0 Å². The van der Waals surface area contributed by atoms with E-state index in [1.54, 1.807) is 42.2 Å². The van der Waals surface area contributed by atoms with Gasteiger partial charge in [-0.2, -0.15) is 0 Å². The first-order valence-electron chi connectivity index (χ1n) is 10.0. The highest BCUT2D eigenvalue weighted by Gasteiger charge is 2.33. The second-order valence-electron chi connectivity index (χ2n) is 7.09. The van der Waals surface area contributed by atoms with Gasteiger partial charge in [0.2, 0.25) is 5.76 Å². The number of rotatable bonds is 6. The van der Waals surface area contributed by atoms with Crippen molar-refractivity contribution in [2.75, 3.05) is 32.8 Å². The van der Waals surface area contributed by atoms with Gasteiger partial charge in [0.15, 0.2) is 11.5 Å². The van der Waals surface area contributed by atoms with Crippen LogP contribution in [0.3, 0.4) is 0 Å². The summed E-state index contributed by atoms with van der Waals surface area (Å²) in [5.74, 6) is 0.373. The van der Waals surface area contributed by atoms with E-state index in [-0.39, 0.29) is 17.6 Å². The molecule has 4 rings (SSSR count). The van der Waals surface area contributed by atoms with Crippen LogP contribution in [0, 0.1) is 0 Å². The van der Waals surface area contributed by atoms with E-state index >= 15 is 0 Å². The molecule has 1 saturated heterocycles. The summed E-state index contributed by atoms with van der Waals surface area (Å²) < 4.78 is 15.8. The third kappa shape index (κ3) is 4.65. The molecule has 3 aromatic rings. The van der Waals surface area contributed by atoms with E-state index in [2.05, 4.69) is 5.16 Å². The molecule has 1 fully saturated rings. The lowest BCUT2D eigenvalue weighted by molar-refractivity contribution is -0.150. The fourth-order valence-electron chi connectivity index (χ4n) is 3.62. The fraction of sp³-hybridized carbons (Fsp3) is 0.318. The molecule has 1 aliphatic heterocycles. The van der Waals surface area contributed by atoms with E-state index in [9.17, 15) is 9.59 Å². The Balaban J connectivity index is 1.44. The number of halogens is 1. The van der Waals surface area contributed by atoms with Gasteiger partial charge >= 0.3 is 5.97 Å². The smallest absolute Gasteiger partial charge is 0.328 e. The Morgan fingerprint density at radius 3 is 2.52 bits per heavy atom. The first-order valence-corrected chi connectivity index (χ1v) is 10.4. The van der Waals surface area contributed by atoms with Crippen LogP contribution in [-0.2, 0) is 9.53 Å². The summed E-state index contributed by atoms with van der Waals surface area (Å²) in [6, 6.07) is 11.7. The van der Waals surface area contributed by atoms with Crippen LogP contribution in [0.5, 0.6) is 0 Å². The fourth-order valence-corrected chi connectivity index (χ4v) is 3.74. The van der Waals surface area contributed by atoms with E-state index in [1.165, 1.54) is 6.26 Å². The number of carbonyl (C=O) groups excluding carboxylic acids is 2. The summed E-state index contributed by atoms with van der Waals surface area (Å²) in [7, 11) is 0. The lowest BCUT2D eigenvalue weighted by atomic mass is 10.0. The molecule has 1 unspecified atom stereocenters. The molecule has 9 heteroatoms. The molecule has 8 nitrogen and oxygen atoms in total. The van der Waals surface area contributed by atoms with Crippen LogP contribution in [-0.4, -0.2) is 59.6 Å². The molecule has 31 heavy (non-hydrogen) atoms. The molecule has 1 amide bonds. The lowest BCUT2D eigenvalue weighted by Gasteiger charge is -2.38. The van der Waals surface area contributed by atoms with Crippen molar-refractivity contribution in [3.63, 3.8) is 0 Å². The van der Waals surface area contributed by atoms with Crippen molar-refractivity contribution in [1.82, 2.24) is 15.0 Å². The van der Waals surface area contributed by atoms with Crippen LogP contribution in [0.15, 0.2) is 57.7 Å². The molecule has 0 saturated carbocycles. The van der Waals surface area contributed by atoms with Gasteiger partial charge in [-0.1, -0.05) is 28.9 Å². The Morgan fingerprint density at radius 1 is 1.13 bits per heavy atom. The first-order chi connectivity index (χ1) is 15.1. The minimum Gasteiger partial charge on any atom is -0.465 e. The normalized spacial score (nSPS) is 15.6. The summed E-state index contributed by atoms with van der Waals surface area (Å²) in [6.45, 7) is 4.01. The number of amides is 1. The second kappa shape index (κ2) is 9.36. The number of benzene rings is 1. The van der Waals surface area contributed by atoms with Gasteiger partial charge in [0, 0.05) is 37.3 Å². The molecule has 0 N–H and O–H groups in total. The number of carbonyl (C=O) groups is 2. The first kappa shape index (κ1) is 21.1. The zero-order valence-electron chi connectivity index (χ0n) is 17.0. The number of nitrogens with zero attached hydrogens (tertiary/aromatic N) is 3. The third-order valence-corrected chi connectivity index (χ3v) is 5.41. The number of hydrogen-bond acceptors (Lipinski definition) is 7. The van der Waals surface area contributed by atoms with Gasteiger partial charge in [-0.15, -0.1) is 0 Å². The highest BCUT2D eigenvalue weighted by molar-refractivity contribution is 6.30. The van der Waals surface area contributed by atoms with Crippen molar-refractivity contribution in [3.8, 4) is 11.5 Å². The highest BCUT2D eigenvalue weighted by atomic mass is 35.5. The van der Waals surface area contributed by atoms with Gasteiger partial charge in [0.1, 0.15) is 6.04 Å². The summed E-state index contributed by atoms with van der Waals surface area (Å²) >= 11 is 6.00. The van der Waals surface area contributed by atoms with Gasteiger partial charge in [-0.3, -0.25) is 9.69 Å². The van der Waals surface area contributed by atoms with E-state index in [0.717, 1.165) is 5.56 Å². The maximum atomic E-state index is 12.9. The molecule has 2 aromatic heterocycles. The number of aromatic nitrogens is 1. The zero-order chi connectivity index (χ0) is 21.8. The minimum atomic E-state index is -0.549. The van der Waals surface area contributed by atoms with E-state index < -0.39 is 6.04 Å². The number of furan rings is 1. The summed E-state index contributed by atoms with van der Waals surface area (Å²) in [5, 5.41) is 4.48. The largest absolute Gasteiger partial charge is 0.465 e. The number of ether oxygens (including phenoxy) is 1.